The number of hydrogen-bond acceptors (Lipinski definition) is 4. The van der Waals surface area contributed by atoms with Gasteiger partial charge in [-0.05, 0) is 31.9 Å². The molecule has 128 valence electrons. The maximum absolute atomic E-state index is 12.8. The predicted molar refractivity (Wildman–Crippen MR) is 95.8 cm³/mol. The standard InChI is InChI=1S/C16H22ClNO3S2/c1-3-9-18(13-8-10-23(20,21)11-13)16(19)12(2)22-15-7-5-4-6-14(15)17/h4-7,12-13H,3,8-11H2,1-2H3. The normalized spacial score (nSPS) is 21.1. The van der Waals surface area contributed by atoms with E-state index in [0.29, 0.717) is 18.0 Å². The minimum atomic E-state index is -3.01. The van der Waals surface area contributed by atoms with Crippen molar-refractivity contribution in [3.63, 3.8) is 0 Å². The van der Waals surface area contributed by atoms with Crippen molar-refractivity contribution in [3.05, 3.63) is 29.3 Å². The Hall–Kier alpha value is -0.720. The number of thioether (sulfide) groups is 1. The lowest BCUT2D eigenvalue weighted by atomic mass is 10.2. The molecule has 1 fully saturated rings. The highest BCUT2D eigenvalue weighted by atomic mass is 35.5. The van der Waals surface area contributed by atoms with Crippen LogP contribution in [0.1, 0.15) is 26.7 Å². The minimum absolute atomic E-state index is 0.0149. The van der Waals surface area contributed by atoms with Gasteiger partial charge in [0.15, 0.2) is 9.84 Å². The van der Waals surface area contributed by atoms with E-state index in [1.165, 1.54) is 11.8 Å². The van der Waals surface area contributed by atoms with Crippen LogP contribution in [0.4, 0.5) is 0 Å². The molecule has 0 spiro atoms. The Morgan fingerprint density at radius 1 is 1.43 bits per heavy atom. The summed E-state index contributed by atoms with van der Waals surface area (Å²) in [5.74, 6) is 0.248. The molecule has 0 aromatic heterocycles. The van der Waals surface area contributed by atoms with Crippen LogP contribution in [-0.4, -0.2) is 48.6 Å². The zero-order chi connectivity index (χ0) is 17.0. The van der Waals surface area contributed by atoms with Crippen LogP contribution in [0, 0.1) is 0 Å². The average molecular weight is 376 g/mol. The van der Waals surface area contributed by atoms with Crippen LogP contribution in [0.2, 0.25) is 5.02 Å². The highest BCUT2D eigenvalue weighted by Gasteiger charge is 2.35. The van der Waals surface area contributed by atoms with Crippen LogP contribution in [0.15, 0.2) is 29.2 Å². The topological polar surface area (TPSA) is 54.5 Å². The Kier molecular flexibility index (Phi) is 6.40. The largest absolute Gasteiger partial charge is 0.338 e. The van der Waals surface area contributed by atoms with E-state index in [4.69, 9.17) is 11.6 Å². The van der Waals surface area contributed by atoms with Gasteiger partial charge in [0.05, 0.1) is 21.8 Å². The van der Waals surface area contributed by atoms with Gasteiger partial charge >= 0.3 is 0 Å². The molecule has 1 aromatic rings. The van der Waals surface area contributed by atoms with Gasteiger partial charge in [0.1, 0.15) is 0 Å². The zero-order valence-corrected chi connectivity index (χ0v) is 15.8. The van der Waals surface area contributed by atoms with Gasteiger partial charge in [0, 0.05) is 17.5 Å². The average Bonchev–Trinajstić information content (AvgIpc) is 2.86. The fourth-order valence-corrected chi connectivity index (χ4v) is 5.70. The van der Waals surface area contributed by atoms with E-state index < -0.39 is 9.84 Å². The van der Waals surface area contributed by atoms with Crippen LogP contribution in [-0.2, 0) is 14.6 Å². The first-order valence-corrected chi connectivity index (χ1v) is 10.8. The molecule has 2 unspecified atom stereocenters. The predicted octanol–water partition coefficient (Wildman–Crippen LogP) is 3.25. The van der Waals surface area contributed by atoms with Crippen LogP contribution < -0.4 is 0 Å². The summed E-state index contributed by atoms with van der Waals surface area (Å²) in [4.78, 5) is 15.4. The van der Waals surface area contributed by atoms with Gasteiger partial charge in [-0.25, -0.2) is 8.42 Å². The Bertz CT molecular complexity index is 663. The number of halogens is 1. The van der Waals surface area contributed by atoms with E-state index in [1.807, 2.05) is 32.0 Å². The fourth-order valence-electron chi connectivity index (χ4n) is 2.75. The molecule has 0 saturated carbocycles. The number of nitrogens with zero attached hydrogens (tertiary/aromatic N) is 1. The number of carbonyl (C=O) groups is 1. The third kappa shape index (κ3) is 4.88. The smallest absolute Gasteiger partial charge is 0.236 e. The Balaban J connectivity index is 2.09. The van der Waals surface area contributed by atoms with E-state index in [2.05, 4.69) is 0 Å². The molecule has 0 bridgehead atoms. The lowest BCUT2D eigenvalue weighted by Crippen LogP contribution is -2.45. The maximum Gasteiger partial charge on any atom is 0.236 e. The van der Waals surface area contributed by atoms with Crippen LogP contribution in [0.3, 0.4) is 0 Å². The van der Waals surface area contributed by atoms with E-state index in [1.54, 1.807) is 11.0 Å². The zero-order valence-electron chi connectivity index (χ0n) is 13.4. The van der Waals surface area contributed by atoms with E-state index in [0.717, 1.165) is 11.3 Å². The van der Waals surface area contributed by atoms with Crippen molar-refractivity contribution in [2.45, 2.75) is 42.9 Å². The summed E-state index contributed by atoms with van der Waals surface area (Å²) in [5.41, 5.74) is 0. The molecule has 1 amide bonds. The van der Waals surface area contributed by atoms with Gasteiger partial charge in [-0.15, -0.1) is 11.8 Å². The van der Waals surface area contributed by atoms with Crippen molar-refractivity contribution in [2.75, 3.05) is 18.1 Å². The van der Waals surface area contributed by atoms with E-state index in [9.17, 15) is 13.2 Å². The van der Waals surface area contributed by atoms with E-state index in [-0.39, 0.29) is 28.7 Å². The number of carbonyl (C=O) groups excluding carboxylic acids is 1. The second kappa shape index (κ2) is 7.90. The molecule has 23 heavy (non-hydrogen) atoms. The van der Waals surface area contributed by atoms with Crippen molar-refractivity contribution in [3.8, 4) is 0 Å². The van der Waals surface area contributed by atoms with Crippen molar-refractivity contribution >= 4 is 39.1 Å². The molecule has 2 rings (SSSR count). The lowest BCUT2D eigenvalue weighted by molar-refractivity contribution is -0.132. The van der Waals surface area contributed by atoms with Gasteiger partial charge in [0.25, 0.3) is 0 Å². The van der Waals surface area contributed by atoms with Gasteiger partial charge in [-0.2, -0.15) is 0 Å². The third-order valence-corrected chi connectivity index (χ3v) is 7.24. The molecule has 0 aliphatic carbocycles. The van der Waals surface area contributed by atoms with Crippen LogP contribution in [0.5, 0.6) is 0 Å². The second-order valence-electron chi connectivity index (χ2n) is 5.78. The van der Waals surface area contributed by atoms with Crippen molar-refractivity contribution in [1.29, 1.82) is 0 Å². The molecule has 4 nitrogen and oxygen atoms in total. The minimum Gasteiger partial charge on any atom is -0.338 e. The molecule has 7 heteroatoms. The summed E-state index contributed by atoms with van der Waals surface area (Å²) in [6.45, 7) is 4.44. The molecule has 1 aliphatic rings. The van der Waals surface area contributed by atoms with Gasteiger partial charge in [-0.3, -0.25) is 4.79 Å². The fraction of sp³-hybridized carbons (Fsp3) is 0.562. The molecule has 1 aromatic carbocycles. The quantitative estimate of drug-likeness (QED) is 0.716. The second-order valence-corrected chi connectivity index (χ2v) is 9.80. The molecule has 0 radical (unpaired) electrons. The van der Waals surface area contributed by atoms with Crippen LogP contribution >= 0.6 is 23.4 Å². The first kappa shape index (κ1) is 18.6. The monoisotopic (exact) mass is 375 g/mol. The van der Waals surface area contributed by atoms with Crippen molar-refractivity contribution in [1.82, 2.24) is 4.90 Å². The SMILES string of the molecule is CCCN(C(=O)C(C)Sc1ccccc1Cl)C1CCS(=O)(=O)C1. The van der Waals surface area contributed by atoms with Gasteiger partial charge in [-0.1, -0.05) is 30.7 Å². The number of benzene rings is 1. The highest BCUT2D eigenvalue weighted by Crippen LogP contribution is 2.31. The summed E-state index contributed by atoms with van der Waals surface area (Å²) in [5, 5.41) is 0.326. The summed E-state index contributed by atoms with van der Waals surface area (Å²) in [7, 11) is -3.01. The Morgan fingerprint density at radius 3 is 2.70 bits per heavy atom. The van der Waals surface area contributed by atoms with Crippen molar-refractivity contribution in [2.24, 2.45) is 0 Å². The first-order chi connectivity index (χ1) is 10.8. The molecule has 1 heterocycles. The summed E-state index contributed by atoms with van der Waals surface area (Å²) in [6.07, 6.45) is 1.35. The summed E-state index contributed by atoms with van der Waals surface area (Å²) >= 11 is 7.57. The molecule has 1 saturated heterocycles. The molecule has 0 N–H and O–H groups in total. The number of amides is 1. The number of sulfone groups is 1. The summed E-state index contributed by atoms with van der Waals surface area (Å²) < 4.78 is 23.4. The van der Waals surface area contributed by atoms with Gasteiger partial charge in [0.2, 0.25) is 5.91 Å². The van der Waals surface area contributed by atoms with E-state index >= 15 is 0 Å². The molecular weight excluding hydrogens is 354 g/mol. The maximum atomic E-state index is 12.8. The van der Waals surface area contributed by atoms with Crippen molar-refractivity contribution < 1.29 is 13.2 Å². The number of hydrogen-bond donors (Lipinski definition) is 0. The molecular formula is C16H22ClNO3S2. The molecule has 1 aliphatic heterocycles. The van der Waals surface area contributed by atoms with Gasteiger partial charge < -0.3 is 4.90 Å². The highest BCUT2D eigenvalue weighted by molar-refractivity contribution is 8.00. The molecule has 2 atom stereocenters. The Labute approximate surface area is 147 Å². The lowest BCUT2D eigenvalue weighted by Gasteiger charge is -2.30. The first-order valence-electron chi connectivity index (χ1n) is 7.76. The van der Waals surface area contributed by atoms with Crippen LogP contribution in [0.25, 0.3) is 0 Å². The Morgan fingerprint density at radius 2 is 2.13 bits per heavy atom. The number of rotatable bonds is 6. The summed E-state index contributed by atoms with van der Waals surface area (Å²) in [6, 6.07) is 7.24. The third-order valence-electron chi connectivity index (χ3n) is 3.88.